The Kier molecular flexibility index (Phi) is 4.01. The number of aromatic nitrogens is 2. The Morgan fingerprint density at radius 3 is 2.53 bits per heavy atom. The quantitative estimate of drug-likeness (QED) is 0.749. The smallest absolute Gasteiger partial charge is 0.247 e. The molecule has 1 aliphatic rings. The average Bonchev–Trinajstić information content (AvgIpc) is 2.72. The summed E-state index contributed by atoms with van der Waals surface area (Å²) in [7, 11) is -3.32. The molecule has 15 heavy (non-hydrogen) atoms. The third-order valence-electron chi connectivity index (χ3n) is 2.25. The van der Waals surface area contributed by atoms with Gasteiger partial charge in [0.25, 0.3) is 0 Å². The summed E-state index contributed by atoms with van der Waals surface area (Å²) in [6, 6.07) is 1.60. The molecular formula is C8H12ClN3O2S. The van der Waals surface area contributed by atoms with Gasteiger partial charge in [-0.15, -0.1) is 12.4 Å². The minimum absolute atomic E-state index is 0. The molecule has 5 nitrogen and oxygen atoms in total. The Bertz CT molecular complexity index is 403. The van der Waals surface area contributed by atoms with Crippen LogP contribution in [0.5, 0.6) is 0 Å². The van der Waals surface area contributed by atoms with Crippen molar-refractivity contribution in [1.29, 1.82) is 0 Å². The van der Waals surface area contributed by atoms with Gasteiger partial charge in [-0.3, -0.25) is 0 Å². The summed E-state index contributed by atoms with van der Waals surface area (Å²) in [6.07, 6.45) is 3.53. The van der Waals surface area contributed by atoms with Crippen LogP contribution in [0.3, 0.4) is 0 Å². The maximum Gasteiger partial charge on any atom is 0.247 e. The van der Waals surface area contributed by atoms with E-state index < -0.39 is 9.84 Å². The van der Waals surface area contributed by atoms with Crippen molar-refractivity contribution in [3.8, 4) is 0 Å². The van der Waals surface area contributed by atoms with Crippen LogP contribution in [0.1, 0.15) is 6.42 Å². The number of sulfone groups is 1. The van der Waals surface area contributed by atoms with Gasteiger partial charge in [0.05, 0.1) is 5.25 Å². The molecule has 0 amide bonds. The van der Waals surface area contributed by atoms with Crippen molar-refractivity contribution in [3.05, 3.63) is 18.5 Å². The molecule has 1 atom stereocenters. The van der Waals surface area contributed by atoms with Crippen LogP contribution >= 0.6 is 12.4 Å². The lowest BCUT2D eigenvalue weighted by Gasteiger charge is -2.07. The van der Waals surface area contributed by atoms with Crippen molar-refractivity contribution in [2.24, 2.45) is 0 Å². The van der Waals surface area contributed by atoms with Crippen molar-refractivity contribution < 1.29 is 8.42 Å². The highest BCUT2D eigenvalue weighted by Crippen LogP contribution is 2.15. The lowest BCUT2D eigenvalue weighted by atomic mass is 10.4. The van der Waals surface area contributed by atoms with Crippen molar-refractivity contribution in [3.63, 3.8) is 0 Å². The molecule has 1 aliphatic heterocycles. The van der Waals surface area contributed by atoms with Crippen molar-refractivity contribution in [1.82, 2.24) is 15.3 Å². The van der Waals surface area contributed by atoms with Gasteiger partial charge in [0.1, 0.15) is 0 Å². The monoisotopic (exact) mass is 249 g/mol. The fraction of sp³-hybridized carbons (Fsp3) is 0.500. The van der Waals surface area contributed by atoms with Crippen LogP contribution in [0.15, 0.2) is 23.6 Å². The second kappa shape index (κ2) is 4.87. The predicted molar refractivity (Wildman–Crippen MR) is 57.7 cm³/mol. The van der Waals surface area contributed by atoms with Crippen LogP contribution in [0.2, 0.25) is 0 Å². The van der Waals surface area contributed by atoms with E-state index in [1.165, 1.54) is 12.4 Å². The summed E-state index contributed by atoms with van der Waals surface area (Å²) in [5, 5.41) is 2.58. The molecule has 1 saturated heterocycles. The summed E-state index contributed by atoms with van der Waals surface area (Å²) in [5.74, 6) is 0. The molecule has 2 rings (SSSR count). The number of nitrogens with one attached hydrogen (secondary N) is 1. The first-order valence-electron chi connectivity index (χ1n) is 4.43. The first-order valence-corrected chi connectivity index (χ1v) is 5.97. The molecule has 0 radical (unpaired) electrons. The van der Waals surface area contributed by atoms with Gasteiger partial charge in [0.2, 0.25) is 15.0 Å². The van der Waals surface area contributed by atoms with Crippen LogP contribution in [0, 0.1) is 0 Å². The molecule has 84 valence electrons. The van der Waals surface area contributed by atoms with Gasteiger partial charge >= 0.3 is 0 Å². The highest BCUT2D eigenvalue weighted by atomic mass is 35.5. The van der Waals surface area contributed by atoms with E-state index in [4.69, 9.17) is 0 Å². The lowest BCUT2D eigenvalue weighted by Crippen LogP contribution is -2.25. The molecular weight excluding hydrogens is 238 g/mol. The largest absolute Gasteiger partial charge is 0.315 e. The zero-order valence-corrected chi connectivity index (χ0v) is 9.59. The average molecular weight is 250 g/mol. The molecule has 1 aromatic heterocycles. The Hall–Kier alpha value is -0.720. The summed E-state index contributed by atoms with van der Waals surface area (Å²) < 4.78 is 23.7. The molecule has 0 spiro atoms. The highest BCUT2D eigenvalue weighted by molar-refractivity contribution is 7.91. The minimum Gasteiger partial charge on any atom is -0.315 e. The number of nitrogens with zero attached hydrogens (tertiary/aromatic N) is 2. The van der Waals surface area contributed by atoms with E-state index in [-0.39, 0.29) is 22.8 Å². The maximum absolute atomic E-state index is 11.9. The van der Waals surface area contributed by atoms with E-state index in [1.54, 1.807) is 6.07 Å². The molecule has 2 heterocycles. The standard InChI is InChI=1S/C8H11N3O2S.ClH/c12-14(13,7-2-5-9-6-7)8-10-3-1-4-11-8;/h1,3-4,7,9H,2,5-6H2;1H. The van der Waals surface area contributed by atoms with Crippen molar-refractivity contribution in [2.75, 3.05) is 13.1 Å². The normalized spacial score (nSPS) is 20.9. The van der Waals surface area contributed by atoms with Crippen LogP contribution in [-0.2, 0) is 9.84 Å². The second-order valence-electron chi connectivity index (χ2n) is 3.19. The van der Waals surface area contributed by atoms with Crippen LogP contribution in [0.25, 0.3) is 0 Å². The first-order chi connectivity index (χ1) is 6.71. The minimum atomic E-state index is -3.32. The Morgan fingerprint density at radius 2 is 2.00 bits per heavy atom. The second-order valence-corrected chi connectivity index (χ2v) is 5.31. The van der Waals surface area contributed by atoms with Gasteiger partial charge in [0.15, 0.2) is 0 Å². The fourth-order valence-electron chi connectivity index (χ4n) is 1.47. The third kappa shape index (κ3) is 2.45. The van der Waals surface area contributed by atoms with E-state index in [1.807, 2.05) is 0 Å². The van der Waals surface area contributed by atoms with Gasteiger partial charge in [-0.2, -0.15) is 0 Å². The lowest BCUT2D eigenvalue weighted by molar-refractivity contribution is 0.573. The third-order valence-corrected chi connectivity index (χ3v) is 4.25. The molecule has 1 N–H and O–H groups in total. The van der Waals surface area contributed by atoms with Gasteiger partial charge < -0.3 is 5.32 Å². The molecule has 0 bridgehead atoms. The van der Waals surface area contributed by atoms with Gasteiger partial charge in [-0.05, 0) is 19.0 Å². The summed E-state index contributed by atoms with van der Waals surface area (Å²) in [4.78, 5) is 7.54. The van der Waals surface area contributed by atoms with Gasteiger partial charge in [-0.1, -0.05) is 0 Å². The van der Waals surface area contributed by atoms with Crippen LogP contribution in [0.4, 0.5) is 0 Å². The van der Waals surface area contributed by atoms with E-state index in [2.05, 4.69) is 15.3 Å². The van der Waals surface area contributed by atoms with Crippen molar-refractivity contribution >= 4 is 22.2 Å². The molecule has 1 aromatic rings. The Balaban J connectivity index is 0.00000112. The first kappa shape index (κ1) is 12.4. The predicted octanol–water partition coefficient (Wildman–Crippen LogP) is 0.0340. The van der Waals surface area contributed by atoms with Crippen LogP contribution < -0.4 is 5.32 Å². The fourth-order valence-corrected chi connectivity index (χ4v) is 2.95. The number of rotatable bonds is 2. The molecule has 0 aliphatic carbocycles. The van der Waals surface area contributed by atoms with Gasteiger partial charge in [0, 0.05) is 18.9 Å². The Morgan fingerprint density at radius 1 is 1.33 bits per heavy atom. The SMILES string of the molecule is Cl.O=S(=O)(c1ncccn1)C1CCNC1. The highest BCUT2D eigenvalue weighted by Gasteiger charge is 2.32. The van der Waals surface area contributed by atoms with E-state index >= 15 is 0 Å². The molecule has 0 saturated carbocycles. The van der Waals surface area contributed by atoms with E-state index in [0.717, 1.165) is 6.54 Å². The zero-order valence-electron chi connectivity index (χ0n) is 7.96. The van der Waals surface area contributed by atoms with Crippen molar-refractivity contribution in [2.45, 2.75) is 16.8 Å². The molecule has 1 fully saturated rings. The molecule has 1 unspecified atom stereocenters. The van der Waals surface area contributed by atoms with E-state index in [9.17, 15) is 8.42 Å². The summed E-state index contributed by atoms with van der Waals surface area (Å²) in [5.41, 5.74) is 0. The number of hydrogen-bond donors (Lipinski definition) is 1. The summed E-state index contributed by atoms with van der Waals surface area (Å²) in [6.45, 7) is 1.25. The van der Waals surface area contributed by atoms with Gasteiger partial charge in [-0.25, -0.2) is 18.4 Å². The molecule has 7 heteroatoms. The zero-order chi connectivity index (χ0) is 10.0. The number of hydrogen-bond acceptors (Lipinski definition) is 5. The topological polar surface area (TPSA) is 72.0 Å². The summed E-state index contributed by atoms with van der Waals surface area (Å²) >= 11 is 0. The maximum atomic E-state index is 11.9. The molecule has 0 aromatic carbocycles. The number of halogens is 1. The Labute approximate surface area is 94.7 Å². The van der Waals surface area contributed by atoms with Crippen LogP contribution in [-0.4, -0.2) is 36.7 Å². The van der Waals surface area contributed by atoms with E-state index in [0.29, 0.717) is 13.0 Å².